The number of nitrogens with zero attached hydrogens (tertiary/aromatic N) is 5. The predicted octanol–water partition coefficient (Wildman–Crippen LogP) is 3.29. The Kier molecular flexibility index (Phi) is 8.29. The predicted molar refractivity (Wildman–Crippen MR) is 141 cm³/mol. The number of hydrogen-bond acceptors (Lipinski definition) is 7. The van der Waals surface area contributed by atoms with Crippen molar-refractivity contribution >= 4 is 12.1 Å². The second kappa shape index (κ2) is 11.6. The summed E-state index contributed by atoms with van der Waals surface area (Å²) in [7, 11) is 1.82. The number of hydrogen-bond donors (Lipinski definition) is 0. The number of likely N-dealkylation sites (tertiary alicyclic amines) is 1. The molecule has 202 valence electrons. The van der Waals surface area contributed by atoms with E-state index in [1.165, 1.54) is 6.07 Å². The van der Waals surface area contributed by atoms with E-state index < -0.39 is 5.60 Å². The molecule has 1 aliphatic heterocycles. The van der Waals surface area contributed by atoms with Crippen LogP contribution in [-0.4, -0.2) is 61.8 Å². The molecule has 1 amide bonds. The number of aryl methyl sites for hydroxylation is 1. The van der Waals surface area contributed by atoms with Gasteiger partial charge in [-0.2, -0.15) is 10.2 Å². The van der Waals surface area contributed by atoms with E-state index in [-0.39, 0.29) is 29.8 Å². The van der Waals surface area contributed by atoms with Crippen molar-refractivity contribution in [3.8, 4) is 5.69 Å². The lowest BCUT2D eigenvalue weighted by Gasteiger charge is -2.33. The van der Waals surface area contributed by atoms with Gasteiger partial charge in [-0.15, -0.1) is 0 Å². The first-order valence-electron chi connectivity index (χ1n) is 12.8. The number of benzene rings is 1. The zero-order valence-electron chi connectivity index (χ0n) is 22.4. The minimum atomic E-state index is -0.516. The molecule has 1 aromatic carbocycles. The Bertz CT molecular complexity index is 1330. The van der Waals surface area contributed by atoms with Crippen LogP contribution in [0.3, 0.4) is 0 Å². The van der Waals surface area contributed by atoms with Gasteiger partial charge in [0.2, 0.25) is 5.43 Å². The highest BCUT2D eigenvalue weighted by Crippen LogP contribution is 2.20. The molecule has 0 aliphatic carbocycles. The molecule has 0 unspecified atom stereocenters. The summed E-state index contributed by atoms with van der Waals surface area (Å²) >= 11 is 0. The number of piperidine rings is 1. The van der Waals surface area contributed by atoms with E-state index in [0.29, 0.717) is 31.8 Å². The maximum absolute atomic E-state index is 12.5. The van der Waals surface area contributed by atoms with Crippen molar-refractivity contribution in [3.05, 3.63) is 76.0 Å². The summed E-state index contributed by atoms with van der Waals surface area (Å²) in [5.74, 6) is -0.0800. The summed E-state index contributed by atoms with van der Waals surface area (Å²) in [4.78, 5) is 38.9. The fourth-order valence-corrected chi connectivity index (χ4v) is 4.32. The zero-order chi connectivity index (χ0) is 27.3. The van der Waals surface area contributed by atoms with Crippen molar-refractivity contribution in [1.82, 2.24) is 24.5 Å². The molecule has 1 saturated heterocycles. The molecule has 0 saturated carbocycles. The average molecular weight is 522 g/mol. The molecule has 0 spiro atoms. The minimum Gasteiger partial charge on any atom is -0.465 e. The van der Waals surface area contributed by atoms with Crippen molar-refractivity contribution in [3.63, 3.8) is 0 Å². The molecular weight excluding hydrogens is 486 g/mol. The van der Waals surface area contributed by atoms with Crippen LogP contribution in [0.15, 0.2) is 53.7 Å². The Morgan fingerprint density at radius 2 is 1.84 bits per heavy atom. The summed E-state index contributed by atoms with van der Waals surface area (Å²) in [6.45, 7) is 7.08. The quantitative estimate of drug-likeness (QED) is 0.439. The summed E-state index contributed by atoms with van der Waals surface area (Å²) in [5.41, 5.74) is 2.22. The SMILES string of the molecule is Cn1cc(-n2ccc(=O)c(Cc3cccc(CC(=O)OCC4CCN(C(=O)OC(C)(C)C)CC4)c3)n2)cn1. The van der Waals surface area contributed by atoms with Crippen LogP contribution >= 0.6 is 0 Å². The van der Waals surface area contributed by atoms with Crippen molar-refractivity contribution in [2.75, 3.05) is 19.7 Å². The van der Waals surface area contributed by atoms with Crippen molar-refractivity contribution in [1.29, 1.82) is 0 Å². The third-order valence-corrected chi connectivity index (χ3v) is 6.29. The van der Waals surface area contributed by atoms with E-state index >= 15 is 0 Å². The molecule has 0 N–H and O–H groups in total. The summed E-state index contributed by atoms with van der Waals surface area (Å²) in [5, 5.41) is 8.63. The lowest BCUT2D eigenvalue weighted by molar-refractivity contribution is -0.144. The number of ether oxygens (including phenoxy) is 2. The van der Waals surface area contributed by atoms with Crippen LogP contribution < -0.4 is 5.43 Å². The normalized spacial score (nSPS) is 14.4. The van der Waals surface area contributed by atoms with Crippen molar-refractivity contribution < 1.29 is 19.1 Å². The van der Waals surface area contributed by atoms with Crippen LogP contribution in [0.2, 0.25) is 0 Å². The van der Waals surface area contributed by atoms with Gasteiger partial charge in [0.05, 0.1) is 25.4 Å². The zero-order valence-corrected chi connectivity index (χ0v) is 22.4. The van der Waals surface area contributed by atoms with Crippen LogP contribution in [0.4, 0.5) is 4.79 Å². The van der Waals surface area contributed by atoms with Crippen LogP contribution in [-0.2, 0) is 34.2 Å². The Morgan fingerprint density at radius 1 is 1.11 bits per heavy atom. The van der Waals surface area contributed by atoms with E-state index in [9.17, 15) is 14.4 Å². The summed E-state index contributed by atoms with van der Waals surface area (Å²) in [6.07, 6.45) is 6.85. The Labute approximate surface area is 222 Å². The van der Waals surface area contributed by atoms with Gasteiger partial charge in [-0.1, -0.05) is 24.3 Å². The summed E-state index contributed by atoms with van der Waals surface area (Å²) in [6, 6.07) is 9.05. The molecule has 10 heteroatoms. The van der Waals surface area contributed by atoms with Gasteiger partial charge >= 0.3 is 12.1 Å². The topological polar surface area (TPSA) is 109 Å². The highest BCUT2D eigenvalue weighted by molar-refractivity contribution is 5.72. The second-order valence-corrected chi connectivity index (χ2v) is 10.7. The maximum atomic E-state index is 12.5. The number of rotatable bonds is 7. The van der Waals surface area contributed by atoms with E-state index in [0.717, 1.165) is 29.7 Å². The summed E-state index contributed by atoms with van der Waals surface area (Å²) < 4.78 is 14.3. The first-order valence-corrected chi connectivity index (χ1v) is 12.8. The molecule has 10 nitrogen and oxygen atoms in total. The Balaban J connectivity index is 1.28. The molecule has 1 aliphatic rings. The largest absolute Gasteiger partial charge is 0.465 e. The molecule has 38 heavy (non-hydrogen) atoms. The van der Waals surface area contributed by atoms with Gasteiger partial charge in [-0.25, -0.2) is 9.48 Å². The molecule has 4 rings (SSSR count). The minimum absolute atomic E-state index is 0.146. The molecule has 2 aromatic heterocycles. The molecule has 0 radical (unpaired) electrons. The maximum Gasteiger partial charge on any atom is 0.410 e. The van der Waals surface area contributed by atoms with Crippen molar-refractivity contribution in [2.24, 2.45) is 13.0 Å². The third kappa shape index (κ3) is 7.53. The molecule has 0 atom stereocenters. The lowest BCUT2D eigenvalue weighted by atomic mass is 9.98. The molecule has 1 fully saturated rings. The van der Waals surface area contributed by atoms with Gasteiger partial charge in [0, 0.05) is 38.8 Å². The first-order chi connectivity index (χ1) is 18.1. The standard InChI is InChI=1S/C28H35N5O5/c1-28(2,3)38-27(36)32-11-8-20(9-12-32)19-37-26(35)16-22-7-5-6-21(14-22)15-24-25(34)10-13-33(30-24)23-17-29-31(4)18-23/h5-7,10,13-14,17-18,20H,8-9,11-12,15-16,19H2,1-4H3. The van der Waals surface area contributed by atoms with E-state index in [2.05, 4.69) is 10.2 Å². The van der Waals surface area contributed by atoms with Gasteiger partial charge in [0.15, 0.2) is 0 Å². The van der Waals surface area contributed by atoms with Gasteiger partial charge in [-0.05, 0) is 50.7 Å². The average Bonchev–Trinajstić information content (AvgIpc) is 3.30. The Hall–Kier alpha value is -3.95. The van der Waals surface area contributed by atoms with Crippen molar-refractivity contribution in [2.45, 2.75) is 52.1 Å². The van der Waals surface area contributed by atoms with E-state index in [1.807, 2.05) is 58.3 Å². The smallest absolute Gasteiger partial charge is 0.410 e. The first kappa shape index (κ1) is 27.1. The highest BCUT2D eigenvalue weighted by atomic mass is 16.6. The number of carbonyl (C=O) groups excluding carboxylic acids is 2. The van der Waals surface area contributed by atoms with E-state index in [1.54, 1.807) is 26.7 Å². The highest BCUT2D eigenvalue weighted by Gasteiger charge is 2.27. The fraction of sp³-hybridized carbons (Fsp3) is 0.464. The number of aromatic nitrogens is 4. The fourth-order valence-electron chi connectivity index (χ4n) is 4.32. The molecule has 3 heterocycles. The molecule has 3 aromatic rings. The van der Waals surface area contributed by atoms with E-state index in [4.69, 9.17) is 9.47 Å². The molecule has 0 bridgehead atoms. The number of amides is 1. The number of carbonyl (C=O) groups is 2. The van der Waals surface area contributed by atoms with Crippen LogP contribution in [0.1, 0.15) is 50.4 Å². The number of esters is 1. The Morgan fingerprint density at radius 3 is 2.53 bits per heavy atom. The van der Waals surface area contributed by atoms with Gasteiger partial charge in [0.1, 0.15) is 17.0 Å². The second-order valence-electron chi connectivity index (χ2n) is 10.7. The van der Waals surface area contributed by atoms with Gasteiger partial charge < -0.3 is 14.4 Å². The lowest BCUT2D eigenvalue weighted by Crippen LogP contribution is -2.42. The third-order valence-electron chi connectivity index (χ3n) is 6.29. The monoisotopic (exact) mass is 521 g/mol. The van der Waals surface area contributed by atoms with Gasteiger partial charge in [-0.3, -0.25) is 14.3 Å². The van der Waals surface area contributed by atoms with Crippen LogP contribution in [0, 0.1) is 5.92 Å². The van der Waals surface area contributed by atoms with Gasteiger partial charge in [0.25, 0.3) is 0 Å². The van der Waals surface area contributed by atoms with Crippen LogP contribution in [0.25, 0.3) is 5.69 Å². The van der Waals surface area contributed by atoms with Crippen LogP contribution in [0.5, 0.6) is 0 Å². The molecular formula is C28H35N5O5.